The van der Waals surface area contributed by atoms with Gasteiger partial charge in [0, 0.05) is 30.6 Å². The standard InChI is InChI=1S/C14H18N2O/c1-12(2)15-10-11-16-14(17)9-8-13-6-4-3-5-7-13/h3-7,12,15H,10-11H2,1-2H3,(H,16,17). The zero-order chi connectivity index (χ0) is 12.5. The lowest BCUT2D eigenvalue weighted by Crippen LogP contribution is -2.34. The van der Waals surface area contributed by atoms with Crippen LogP contribution in [-0.2, 0) is 4.79 Å². The molecule has 0 saturated carbocycles. The van der Waals surface area contributed by atoms with Crippen LogP contribution in [0.2, 0.25) is 0 Å². The van der Waals surface area contributed by atoms with Gasteiger partial charge < -0.3 is 10.6 Å². The molecule has 0 atom stereocenters. The molecule has 3 heteroatoms. The van der Waals surface area contributed by atoms with Gasteiger partial charge in [-0.1, -0.05) is 38.0 Å². The minimum atomic E-state index is -0.237. The van der Waals surface area contributed by atoms with E-state index in [1.54, 1.807) is 0 Å². The molecular formula is C14H18N2O. The van der Waals surface area contributed by atoms with E-state index in [-0.39, 0.29) is 5.91 Å². The van der Waals surface area contributed by atoms with Crippen molar-refractivity contribution in [3.63, 3.8) is 0 Å². The van der Waals surface area contributed by atoms with E-state index in [1.807, 2.05) is 30.3 Å². The molecule has 1 rings (SSSR count). The van der Waals surface area contributed by atoms with Gasteiger partial charge in [-0.25, -0.2) is 0 Å². The Balaban J connectivity index is 2.28. The van der Waals surface area contributed by atoms with Crippen molar-refractivity contribution in [1.29, 1.82) is 0 Å². The first-order chi connectivity index (χ1) is 8.18. The number of carbonyl (C=O) groups is 1. The van der Waals surface area contributed by atoms with E-state index in [0.29, 0.717) is 12.6 Å². The normalized spacial score (nSPS) is 9.59. The highest BCUT2D eigenvalue weighted by atomic mass is 16.1. The molecule has 3 nitrogen and oxygen atoms in total. The van der Waals surface area contributed by atoms with E-state index < -0.39 is 0 Å². The molecule has 0 aliphatic heterocycles. The van der Waals surface area contributed by atoms with Crippen molar-refractivity contribution in [2.45, 2.75) is 19.9 Å². The van der Waals surface area contributed by atoms with Crippen molar-refractivity contribution >= 4 is 5.91 Å². The second-order valence-corrected chi connectivity index (χ2v) is 3.98. The van der Waals surface area contributed by atoms with Gasteiger partial charge in [-0.3, -0.25) is 4.79 Å². The highest BCUT2D eigenvalue weighted by Gasteiger charge is 1.95. The summed E-state index contributed by atoms with van der Waals surface area (Å²) in [5.74, 6) is 5.13. The Hall–Kier alpha value is -1.79. The number of amides is 1. The van der Waals surface area contributed by atoms with Crippen LogP contribution < -0.4 is 10.6 Å². The van der Waals surface area contributed by atoms with Crippen LogP contribution in [-0.4, -0.2) is 25.0 Å². The Morgan fingerprint density at radius 2 is 1.94 bits per heavy atom. The summed E-state index contributed by atoms with van der Waals surface area (Å²) in [6.45, 7) is 5.49. The van der Waals surface area contributed by atoms with E-state index >= 15 is 0 Å². The van der Waals surface area contributed by atoms with Gasteiger partial charge in [0.1, 0.15) is 0 Å². The zero-order valence-electron chi connectivity index (χ0n) is 10.3. The first-order valence-electron chi connectivity index (χ1n) is 5.77. The Morgan fingerprint density at radius 3 is 2.59 bits per heavy atom. The van der Waals surface area contributed by atoms with Crippen molar-refractivity contribution in [2.24, 2.45) is 0 Å². The molecule has 0 spiro atoms. The van der Waals surface area contributed by atoms with Crippen LogP contribution in [0.1, 0.15) is 19.4 Å². The van der Waals surface area contributed by atoms with Gasteiger partial charge in [0.15, 0.2) is 0 Å². The molecule has 2 N–H and O–H groups in total. The molecule has 17 heavy (non-hydrogen) atoms. The van der Waals surface area contributed by atoms with Gasteiger partial charge in [-0.2, -0.15) is 0 Å². The minimum Gasteiger partial charge on any atom is -0.344 e. The molecule has 1 amide bonds. The van der Waals surface area contributed by atoms with Crippen molar-refractivity contribution in [2.75, 3.05) is 13.1 Å². The lowest BCUT2D eigenvalue weighted by molar-refractivity contribution is -0.115. The van der Waals surface area contributed by atoms with Crippen LogP contribution >= 0.6 is 0 Å². The van der Waals surface area contributed by atoms with Crippen LogP contribution in [0.15, 0.2) is 30.3 Å². The van der Waals surface area contributed by atoms with Crippen molar-refractivity contribution in [3.8, 4) is 11.8 Å². The summed E-state index contributed by atoms with van der Waals surface area (Å²) in [6.07, 6.45) is 0. The van der Waals surface area contributed by atoms with E-state index in [4.69, 9.17) is 0 Å². The topological polar surface area (TPSA) is 41.1 Å². The third kappa shape index (κ3) is 6.39. The van der Waals surface area contributed by atoms with E-state index in [0.717, 1.165) is 12.1 Å². The summed E-state index contributed by atoms with van der Waals surface area (Å²) in [7, 11) is 0. The average molecular weight is 230 g/mol. The fourth-order valence-corrected chi connectivity index (χ4v) is 1.23. The summed E-state index contributed by atoms with van der Waals surface area (Å²) in [5.41, 5.74) is 0.850. The van der Waals surface area contributed by atoms with Crippen LogP contribution in [0.4, 0.5) is 0 Å². The predicted octanol–water partition coefficient (Wildman–Crippen LogP) is 1.15. The molecule has 0 heterocycles. The predicted molar refractivity (Wildman–Crippen MR) is 69.5 cm³/mol. The number of hydrogen-bond acceptors (Lipinski definition) is 2. The quantitative estimate of drug-likeness (QED) is 0.602. The molecule has 0 saturated heterocycles. The maximum Gasteiger partial charge on any atom is 0.296 e. The second-order valence-electron chi connectivity index (χ2n) is 3.98. The van der Waals surface area contributed by atoms with Gasteiger partial charge in [-0.15, -0.1) is 0 Å². The third-order valence-electron chi connectivity index (χ3n) is 2.06. The third-order valence-corrected chi connectivity index (χ3v) is 2.06. The molecule has 1 aromatic carbocycles. The highest BCUT2D eigenvalue weighted by Crippen LogP contribution is 1.94. The first kappa shape index (κ1) is 13.3. The fourth-order valence-electron chi connectivity index (χ4n) is 1.23. The number of benzene rings is 1. The van der Waals surface area contributed by atoms with Crippen molar-refractivity contribution in [3.05, 3.63) is 35.9 Å². The number of rotatable bonds is 4. The average Bonchev–Trinajstić information content (AvgIpc) is 2.33. The fraction of sp³-hybridized carbons (Fsp3) is 0.357. The second kappa shape index (κ2) is 7.48. The van der Waals surface area contributed by atoms with Gasteiger partial charge in [0.2, 0.25) is 0 Å². The van der Waals surface area contributed by atoms with Crippen molar-refractivity contribution in [1.82, 2.24) is 10.6 Å². The Kier molecular flexibility index (Phi) is 5.84. The largest absolute Gasteiger partial charge is 0.344 e. The molecule has 0 aliphatic carbocycles. The molecular weight excluding hydrogens is 212 g/mol. The number of carbonyl (C=O) groups excluding carboxylic acids is 1. The smallest absolute Gasteiger partial charge is 0.296 e. The summed E-state index contributed by atoms with van der Waals surface area (Å²) in [6, 6.07) is 9.90. The maximum atomic E-state index is 11.3. The monoisotopic (exact) mass is 230 g/mol. The summed E-state index contributed by atoms with van der Waals surface area (Å²) in [4.78, 5) is 11.3. The van der Waals surface area contributed by atoms with Crippen LogP contribution in [0, 0.1) is 11.8 Å². The number of nitrogens with one attached hydrogen (secondary N) is 2. The van der Waals surface area contributed by atoms with Gasteiger partial charge in [0.05, 0.1) is 0 Å². The van der Waals surface area contributed by atoms with Crippen LogP contribution in [0.25, 0.3) is 0 Å². The van der Waals surface area contributed by atoms with Gasteiger partial charge in [-0.05, 0) is 12.1 Å². The molecule has 0 fully saturated rings. The molecule has 0 bridgehead atoms. The lowest BCUT2D eigenvalue weighted by atomic mass is 10.2. The van der Waals surface area contributed by atoms with Gasteiger partial charge >= 0.3 is 0 Å². The Labute approximate surface area is 103 Å². The lowest BCUT2D eigenvalue weighted by Gasteiger charge is -2.06. The van der Waals surface area contributed by atoms with Crippen LogP contribution in [0.3, 0.4) is 0 Å². The highest BCUT2D eigenvalue weighted by molar-refractivity contribution is 5.94. The SMILES string of the molecule is CC(C)NCCNC(=O)C#Cc1ccccc1. The molecule has 90 valence electrons. The molecule has 0 aromatic heterocycles. The van der Waals surface area contributed by atoms with E-state index in [2.05, 4.69) is 36.3 Å². The molecule has 0 unspecified atom stereocenters. The first-order valence-corrected chi connectivity index (χ1v) is 5.77. The van der Waals surface area contributed by atoms with Crippen LogP contribution in [0.5, 0.6) is 0 Å². The van der Waals surface area contributed by atoms with Crippen molar-refractivity contribution < 1.29 is 4.79 Å². The Bertz CT molecular complexity index is 401. The molecule has 1 aromatic rings. The molecule has 0 aliphatic rings. The van der Waals surface area contributed by atoms with Gasteiger partial charge in [0.25, 0.3) is 5.91 Å². The van der Waals surface area contributed by atoms with E-state index in [1.165, 1.54) is 0 Å². The zero-order valence-corrected chi connectivity index (χ0v) is 10.3. The number of hydrogen-bond donors (Lipinski definition) is 2. The Morgan fingerprint density at radius 1 is 1.24 bits per heavy atom. The summed E-state index contributed by atoms with van der Waals surface area (Å²) < 4.78 is 0. The minimum absolute atomic E-state index is 0.237. The van der Waals surface area contributed by atoms with E-state index in [9.17, 15) is 4.79 Å². The summed E-state index contributed by atoms with van der Waals surface area (Å²) >= 11 is 0. The summed E-state index contributed by atoms with van der Waals surface area (Å²) in [5, 5.41) is 5.94. The maximum absolute atomic E-state index is 11.3. The molecule has 0 radical (unpaired) electrons.